The Balaban J connectivity index is 2.13. The van der Waals surface area contributed by atoms with Gasteiger partial charge in [0.1, 0.15) is 6.17 Å². The molecule has 3 heteroatoms. The first-order valence-corrected chi connectivity index (χ1v) is 4.15. The molecule has 1 rings (SSSR count). The lowest BCUT2D eigenvalue weighted by molar-refractivity contribution is 0.0349. The van der Waals surface area contributed by atoms with Gasteiger partial charge in [-0.1, -0.05) is 0 Å². The highest BCUT2D eigenvalue weighted by Crippen LogP contribution is 2.19. The molecule has 1 aliphatic heterocycles. The molecule has 0 saturated carbocycles. The number of hydrogen-bond acceptors (Lipinski definition) is 2. The van der Waals surface area contributed by atoms with Gasteiger partial charge in [0.25, 0.3) is 0 Å². The van der Waals surface area contributed by atoms with Crippen LogP contribution in [0.15, 0.2) is 0 Å². The van der Waals surface area contributed by atoms with Crippen LogP contribution in [0.4, 0.5) is 4.39 Å². The summed E-state index contributed by atoms with van der Waals surface area (Å²) >= 11 is 0. The fraction of sp³-hybridized carbons (Fsp3) is 1.00. The molecular weight excluding hydrogens is 147 g/mol. The second-order valence-corrected chi connectivity index (χ2v) is 3.10. The van der Waals surface area contributed by atoms with Crippen LogP contribution in [-0.2, 0) is 4.74 Å². The smallest absolute Gasteiger partial charge is 0.123 e. The number of aliphatic hydroxyl groups is 1. The van der Waals surface area contributed by atoms with Crippen molar-refractivity contribution in [1.82, 2.24) is 0 Å². The molecule has 1 aliphatic rings. The number of alkyl halides is 1. The van der Waals surface area contributed by atoms with E-state index in [0.29, 0.717) is 18.9 Å². The zero-order chi connectivity index (χ0) is 8.10. The average molecular weight is 162 g/mol. The van der Waals surface area contributed by atoms with Crippen molar-refractivity contribution in [2.45, 2.75) is 25.4 Å². The Morgan fingerprint density at radius 1 is 1.64 bits per heavy atom. The molecule has 66 valence electrons. The molecule has 2 unspecified atom stereocenters. The van der Waals surface area contributed by atoms with Crippen molar-refractivity contribution in [2.75, 3.05) is 19.8 Å². The van der Waals surface area contributed by atoms with Gasteiger partial charge in [-0.05, 0) is 25.2 Å². The van der Waals surface area contributed by atoms with Crippen molar-refractivity contribution in [3.8, 4) is 0 Å². The van der Waals surface area contributed by atoms with E-state index < -0.39 is 6.17 Å². The van der Waals surface area contributed by atoms with Gasteiger partial charge in [0, 0.05) is 13.2 Å². The van der Waals surface area contributed by atoms with E-state index in [-0.39, 0.29) is 6.61 Å². The van der Waals surface area contributed by atoms with Gasteiger partial charge in [0.05, 0.1) is 6.61 Å². The van der Waals surface area contributed by atoms with E-state index in [1.54, 1.807) is 0 Å². The SMILES string of the molecule is OCC(F)CC1CCCOC1. The van der Waals surface area contributed by atoms with Crippen LogP contribution >= 0.6 is 0 Å². The largest absolute Gasteiger partial charge is 0.393 e. The number of ether oxygens (including phenoxy) is 1. The molecule has 0 aromatic carbocycles. The maximum absolute atomic E-state index is 12.6. The summed E-state index contributed by atoms with van der Waals surface area (Å²) in [5, 5.41) is 8.45. The van der Waals surface area contributed by atoms with Gasteiger partial charge in [-0.25, -0.2) is 4.39 Å². The molecule has 1 N–H and O–H groups in total. The first kappa shape index (κ1) is 8.94. The van der Waals surface area contributed by atoms with E-state index in [4.69, 9.17) is 9.84 Å². The Morgan fingerprint density at radius 3 is 3.00 bits per heavy atom. The highest BCUT2D eigenvalue weighted by molar-refractivity contribution is 4.67. The molecule has 2 nitrogen and oxygen atoms in total. The molecule has 11 heavy (non-hydrogen) atoms. The maximum atomic E-state index is 12.6. The van der Waals surface area contributed by atoms with Crippen LogP contribution in [-0.4, -0.2) is 31.1 Å². The molecule has 0 aromatic heterocycles. The van der Waals surface area contributed by atoms with Crippen LogP contribution < -0.4 is 0 Å². The Hall–Kier alpha value is -0.150. The van der Waals surface area contributed by atoms with E-state index in [2.05, 4.69) is 0 Å². The summed E-state index contributed by atoms with van der Waals surface area (Å²) in [5.41, 5.74) is 0. The van der Waals surface area contributed by atoms with E-state index in [1.165, 1.54) is 0 Å². The van der Waals surface area contributed by atoms with Crippen LogP contribution in [0.2, 0.25) is 0 Å². The van der Waals surface area contributed by atoms with E-state index in [0.717, 1.165) is 19.4 Å². The summed E-state index contributed by atoms with van der Waals surface area (Å²) in [5.74, 6) is 0.325. The second kappa shape index (κ2) is 4.67. The Labute approximate surface area is 66.4 Å². The molecule has 2 atom stereocenters. The number of hydrogen-bond donors (Lipinski definition) is 1. The lowest BCUT2D eigenvalue weighted by Gasteiger charge is -2.22. The normalized spacial score (nSPS) is 28.4. The Kier molecular flexibility index (Phi) is 3.80. The van der Waals surface area contributed by atoms with E-state index in [9.17, 15) is 4.39 Å². The van der Waals surface area contributed by atoms with Crippen LogP contribution in [0.25, 0.3) is 0 Å². The Morgan fingerprint density at radius 2 is 2.45 bits per heavy atom. The summed E-state index contributed by atoms with van der Waals surface area (Å²) < 4.78 is 17.8. The minimum absolute atomic E-state index is 0.325. The number of halogens is 1. The van der Waals surface area contributed by atoms with Crippen LogP contribution in [0.1, 0.15) is 19.3 Å². The van der Waals surface area contributed by atoms with Crippen molar-refractivity contribution in [3.05, 3.63) is 0 Å². The lowest BCUT2D eigenvalue weighted by Crippen LogP contribution is -2.22. The summed E-state index contributed by atoms with van der Waals surface area (Å²) in [6.07, 6.45) is 1.47. The maximum Gasteiger partial charge on any atom is 0.123 e. The highest BCUT2D eigenvalue weighted by Gasteiger charge is 2.18. The van der Waals surface area contributed by atoms with Gasteiger partial charge in [-0.3, -0.25) is 0 Å². The average Bonchev–Trinajstić information content (AvgIpc) is 2.06. The first-order chi connectivity index (χ1) is 5.33. The quantitative estimate of drug-likeness (QED) is 0.674. The lowest BCUT2D eigenvalue weighted by atomic mass is 9.96. The third-order valence-electron chi connectivity index (χ3n) is 2.04. The van der Waals surface area contributed by atoms with Crippen LogP contribution in [0, 0.1) is 5.92 Å². The summed E-state index contributed by atoms with van der Waals surface area (Å²) in [7, 11) is 0. The van der Waals surface area contributed by atoms with Gasteiger partial charge < -0.3 is 9.84 Å². The third kappa shape index (κ3) is 3.16. The van der Waals surface area contributed by atoms with Crippen LogP contribution in [0.5, 0.6) is 0 Å². The van der Waals surface area contributed by atoms with E-state index in [1.807, 2.05) is 0 Å². The van der Waals surface area contributed by atoms with Crippen molar-refractivity contribution in [1.29, 1.82) is 0 Å². The fourth-order valence-corrected chi connectivity index (χ4v) is 1.43. The number of aliphatic hydroxyl groups excluding tert-OH is 1. The van der Waals surface area contributed by atoms with Crippen molar-refractivity contribution in [2.24, 2.45) is 5.92 Å². The predicted molar refractivity (Wildman–Crippen MR) is 40.1 cm³/mol. The van der Waals surface area contributed by atoms with Gasteiger partial charge in [0.15, 0.2) is 0 Å². The highest BCUT2D eigenvalue weighted by atomic mass is 19.1. The summed E-state index contributed by atoms with van der Waals surface area (Å²) in [6.45, 7) is 1.13. The number of rotatable bonds is 3. The van der Waals surface area contributed by atoms with Gasteiger partial charge in [0.2, 0.25) is 0 Å². The summed E-state index contributed by atoms with van der Waals surface area (Å²) in [4.78, 5) is 0. The molecule has 1 fully saturated rings. The summed E-state index contributed by atoms with van der Waals surface area (Å²) in [6, 6.07) is 0. The van der Waals surface area contributed by atoms with Crippen molar-refractivity contribution < 1.29 is 14.2 Å². The molecule has 0 radical (unpaired) electrons. The molecule has 0 aliphatic carbocycles. The zero-order valence-electron chi connectivity index (χ0n) is 6.63. The minimum atomic E-state index is -1.05. The third-order valence-corrected chi connectivity index (χ3v) is 2.04. The van der Waals surface area contributed by atoms with Crippen molar-refractivity contribution >= 4 is 0 Å². The minimum Gasteiger partial charge on any atom is -0.393 e. The monoisotopic (exact) mass is 162 g/mol. The topological polar surface area (TPSA) is 29.5 Å². The first-order valence-electron chi connectivity index (χ1n) is 4.15. The molecule has 0 aromatic rings. The Bertz CT molecular complexity index is 102. The van der Waals surface area contributed by atoms with Gasteiger partial charge in [-0.15, -0.1) is 0 Å². The second-order valence-electron chi connectivity index (χ2n) is 3.10. The molecule has 1 heterocycles. The zero-order valence-corrected chi connectivity index (χ0v) is 6.63. The molecule has 0 bridgehead atoms. The standard InChI is InChI=1S/C8H15FO2/c9-8(5-10)4-7-2-1-3-11-6-7/h7-8,10H,1-6H2. The molecule has 1 saturated heterocycles. The fourth-order valence-electron chi connectivity index (χ4n) is 1.43. The molecule has 0 amide bonds. The predicted octanol–water partition coefficient (Wildman–Crippen LogP) is 1.13. The molecule has 0 spiro atoms. The molecular formula is C8H15FO2. The van der Waals surface area contributed by atoms with Gasteiger partial charge >= 0.3 is 0 Å². The van der Waals surface area contributed by atoms with E-state index >= 15 is 0 Å². The van der Waals surface area contributed by atoms with Crippen molar-refractivity contribution in [3.63, 3.8) is 0 Å². The van der Waals surface area contributed by atoms with Crippen LogP contribution in [0.3, 0.4) is 0 Å². The van der Waals surface area contributed by atoms with Gasteiger partial charge in [-0.2, -0.15) is 0 Å².